The van der Waals surface area contributed by atoms with Crippen LogP contribution in [-0.2, 0) is 0 Å². The normalized spacial score (nSPS) is 10.3. The van der Waals surface area contributed by atoms with Crippen LogP contribution in [0.5, 0.6) is 0 Å². The lowest BCUT2D eigenvalue weighted by molar-refractivity contribution is 0.0693. The zero-order chi connectivity index (χ0) is 13.1. The van der Waals surface area contributed by atoms with Crippen molar-refractivity contribution in [2.24, 2.45) is 0 Å². The van der Waals surface area contributed by atoms with Gasteiger partial charge in [0.25, 0.3) is 0 Å². The summed E-state index contributed by atoms with van der Waals surface area (Å²) in [5, 5.41) is 9.13. The summed E-state index contributed by atoms with van der Waals surface area (Å²) in [6.07, 6.45) is 0. The molecule has 2 nitrogen and oxygen atoms in total. The minimum absolute atomic E-state index is 0.197. The first-order valence-corrected chi connectivity index (χ1v) is 6.16. The zero-order valence-electron chi connectivity index (χ0n) is 9.68. The molecule has 92 valence electrons. The van der Waals surface area contributed by atoms with E-state index in [-0.39, 0.29) is 11.4 Å². The van der Waals surface area contributed by atoms with Crippen LogP contribution in [0.3, 0.4) is 0 Å². The molecule has 2 aromatic rings. The van der Waals surface area contributed by atoms with Gasteiger partial charge < -0.3 is 5.11 Å². The Hall–Kier alpha value is -1.81. The number of aryl methyl sites for hydroxylation is 1. The molecule has 0 saturated heterocycles. The van der Waals surface area contributed by atoms with Gasteiger partial charge in [-0.3, -0.25) is 0 Å². The second-order valence-corrected chi connectivity index (χ2v) is 4.92. The number of aromatic carboxylic acids is 1. The Morgan fingerprint density at radius 2 is 1.89 bits per heavy atom. The van der Waals surface area contributed by atoms with Gasteiger partial charge in [-0.1, -0.05) is 35.5 Å². The first-order chi connectivity index (χ1) is 8.58. The Kier molecular flexibility index (Phi) is 3.67. The van der Waals surface area contributed by atoms with Gasteiger partial charge in [-0.15, -0.1) is 0 Å². The van der Waals surface area contributed by atoms with Gasteiger partial charge in [0, 0.05) is 9.79 Å². The van der Waals surface area contributed by atoms with Crippen LogP contribution in [0.25, 0.3) is 0 Å². The van der Waals surface area contributed by atoms with Crippen molar-refractivity contribution < 1.29 is 14.3 Å². The van der Waals surface area contributed by atoms with Crippen molar-refractivity contribution in [3.05, 3.63) is 59.4 Å². The van der Waals surface area contributed by atoms with E-state index in [1.54, 1.807) is 30.3 Å². The van der Waals surface area contributed by atoms with E-state index in [4.69, 9.17) is 5.11 Å². The fraction of sp³-hybridized carbons (Fsp3) is 0.0714. The maximum Gasteiger partial charge on any atom is 0.336 e. The van der Waals surface area contributed by atoms with Gasteiger partial charge >= 0.3 is 5.97 Å². The highest BCUT2D eigenvalue weighted by Gasteiger charge is 2.12. The monoisotopic (exact) mass is 262 g/mol. The van der Waals surface area contributed by atoms with Crippen molar-refractivity contribution in [3.8, 4) is 0 Å². The minimum Gasteiger partial charge on any atom is -0.478 e. The van der Waals surface area contributed by atoms with Gasteiger partial charge in [0.2, 0.25) is 0 Å². The fourth-order valence-electron chi connectivity index (χ4n) is 1.55. The second-order valence-electron chi connectivity index (χ2n) is 3.84. The van der Waals surface area contributed by atoms with Gasteiger partial charge in [0.15, 0.2) is 0 Å². The van der Waals surface area contributed by atoms with Crippen LogP contribution in [-0.4, -0.2) is 11.1 Å². The topological polar surface area (TPSA) is 37.3 Å². The summed E-state index contributed by atoms with van der Waals surface area (Å²) in [5.41, 5.74) is 1.06. The zero-order valence-corrected chi connectivity index (χ0v) is 10.5. The molecule has 0 heterocycles. The summed E-state index contributed by atoms with van der Waals surface area (Å²) < 4.78 is 13.5. The molecule has 1 N–H and O–H groups in total. The third-order valence-corrected chi connectivity index (χ3v) is 3.55. The molecule has 0 spiro atoms. The molecule has 4 heteroatoms. The van der Waals surface area contributed by atoms with Gasteiger partial charge in [0.05, 0.1) is 5.56 Å². The minimum atomic E-state index is -1.00. The molecule has 0 atom stereocenters. The fourth-order valence-corrected chi connectivity index (χ4v) is 2.49. The quantitative estimate of drug-likeness (QED) is 0.909. The average molecular weight is 262 g/mol. The highest BCUT2D eigenvalue weighted by molar-refractivity contribution is 7.99. The molecular weight excluding hydrogens is 251 g/mol. The van der Waals surface area contributed by atoms with Crippen molar-refractivity contribution in [3.63, 3.8) is 0 Å². The highest BCUT2D eigenvalue weighted by atomic mass is 32.2. The van der Waals surface area contributed by atoms with E-state index in [9.17, 15) is 9.18 Å². The lowest BCUT2D eigenvalue weighted by Gasteiger charge is -2.07. The molecular formula is C14H11FO2S. The number of rotatable bonds is 3. The Labute approximate surface area is 108 Å². The Morgan fingerprint density at radius 1 is 1.17 bits per heavy atom. The van der Waals surface area contributed by atoms with Crippen LogP contribution < -0.4 is 0 Å². The van der Waals surface area contributed by atoms with Gasteiger partial charge in [0.1, 0.15) is 5.82 Å². The maximum absolute atomic E-state index is 13.5. The lowest BCUT2D eigenvalue weighted by Crippen LogP contribution is -1.99. The van der Waals surface area contributed by atoms with Crippen LogP contribution in [0.1, 0.15) is 15.9 Å². The number of halogens is 1. The molecule has 18 heavy (non-hydrogen) atoms. The Balaban J connectivity index is 2.41. The molecule has 0 unspecified atom stereocenters. The van der Waals surface area contributed by atoms with Crippen molar-refractivity contribution in [1.29, 1.82) is 0 Å². The predicted molar refractivity (Wildman–Crippen MR) is 68.7 cm³/mol. The number of carboxylic acids is 1. The molecule has 0 aliphatic rings. The van der Waals surface area contributed by atoms with Gasteiger partial charge in [-0.25, -0.2) is 9.18 Å². The summed E-state index contributed by atoms with van der Waals surface area (Å²) in [6.45, 7) is 1.82. The molecule has 0 saturated carbocycles. The highest BCUT2D eigenvalue weighted by Crippen LogP contribution is 2.32. The SMILES string of the molecule is Cc1ccc(Sc2ccccc2F)c(C(=O)O)c1. The molecule has 0 fully saturated rings. The average Bonchev–Trinajstić information content (AvgIpc) is 2.34. The summed E-state index contributed by atoms with van der Waals surface area (Å²) in [7, 11) is 0. The van der Waals surface area contributed by atoms with Crippen LogP contribution >= 0.6 is 11.8 Å². The van der Waals surface area contributed by atoms with E-state index in [0.717, 1.165) is 17.3 Å². The summed E-state index contributed by atoms with van der Waals surface area (Å²) in [6, 6.07) is 11.4. The van der Waals surface area contributed by atoms with Crippen LogP contribution in [0.4, 0.5) is 4.39 Å². The third kappa shape index (κ3) is 2.71. The van der Waals surface area contributed by atoms with Crippen LogP contribution in [0, 0.1) is 12.7 Å². The largest absolute Gasteiger partial charge is 0.478 e. The van der Waals surface area contributed by atoms with Crippen molar-refractivity contribution in [2.45, 2.75) is 16.7 Å². The van der Waals surface area contributed by atoms with Gasteiger partial charge in [-0.2, -0.15) is 0 Å². The Morgan fingerprint density at radius 3 is 2.56 bits per heavy atom. The molecule has 0 radical (unpaired) electrons. The molecule has 0 aliphatic heterocycles. The molecule has 0 amide bonds. The van der Waals surface area contributed by atoms with Crippen molar-refractivity contribution in [1.82, 2.24) is 0 Å². The molecule has 0 aliphatic carbocycles. The standard InChI is InChI=1S/C14H11FO2S/c1-9-6-7-12(10(8-9)14(16)17)18-13-5-3-2-4-11(13)15/h2-8H,1H3,(H,16,17). The smallest absolute Gasteiger partial charge is 0.336 e. The van der Waals surface area contributed by atoms with E-state index < -0.39 is 5.97 Å². The summed E-state index contributed by atoms with van der Waals surface area (Å²) in [4.78, 5) is 12.1. The molecule has 2 aromatic carbocycles. The van der Waals surface area contributed by atoms with E-state index >= 15 is 0 Å². The number of carbonyl (C=O) groups is 1. The first-order valence-electron chi connectivity index (χ1n) is 5.34. The van der Waals surface area contributed by atoms with Crippen molar-refractivity contribution >= 4 is 17.7 Å². The van der Waals surface area contributed by atoms with Crippen molar-refractivity contribution in [2.75, 3.05) is 0 Å². The van der Waals surface area contributed by atoms with Crippen LogP contribution in [0.15, 0.2) is 52.3 Å². The number of carboxylic acid groups (broad SMARTS) is 1. The van der Waals surface area contributed by atoms with E-state index in [1.807, 2.05) is 13.0 Å². The molecule has 0 bridgehead atoms. The number of hydrogen-bond donors (Lipinski definition) is 1. The van der Waals surface area contributed by atoms with E-state index in [2.05, 4.69) is 0 Å². The van der Waals surface area contributed by atoms with Gasteiger partial charge in [-0.05, 0) is 31.2 Å². The summed E-state index contributed by atoms with van der Waals surface area (Å²) >= 11 is 1.12. The summed E-state index contributed by atoms with van der Waals surface area (Å²) in [5.74, 6) is -1.35. The lowest BCUT2D eigenvalue weighted by atomic mass is 10.1. The number of benzene rings is 2. The maximum atomic E-state index is 13.5. The molecule has 0 aromatic heterocycles. The molecule has 2 rings (SSSR count). The Bertz CT molecular complexity index is 596. The predicted octanol–water partition coefficient (Wildman–Crippen LogP) is 3.98. The second kappa shape index (κ2) is 5.23. The van der Waals surface area contributed by atoms with E-state index in [0.29, 0.717) is 9.79 Å². The third-order valence-electron chi connectivity index (χ3n) is 2.42. The van der Waals surface area contributed by atoms with E-state index in [1.165, 1.54) is 6.07 Å². The number of hydrogen-bond acceptors (Lipinski definition) is 2. The van der Waals surface area contributed by atoms with Crippen LogP contribution in [0.2, 0.25) is 0 Å². The first kappa shape index (κ1) is 12.6.